The number of carbonyl (C=O) groups excluding carboxylic acids is 1. The molecule has 0 saturated carbocycles. The molecule has 2 amide bonds. The lowest BCUT2D eigenvalue weighted by Gasteiger charge is -2.19. The number of hydrogen-bond donors (Lipinski definition) is 2. The van der Waals surface area contributed by atoms with Crippen molar-refractivity contribution in [1.82, 2.24) is 25.4 Å². The third kappa shape index (κ3) is 3.97. The number of anilines is 1. The number of nitrogens with one attached hydrogen (secondary N) is 2. The molecule has 0 bridgehead atoms. The van der Waals surface area contributed by atoms with Gasteiger partial charge in [0.15, 0.2) is 5.82 Å². The van der Waals surface area contributed by atoms with E-state index < -0.39 is 0 Å². The molecule has 1 aliphatic rings. The molecule has 2 aromatic rings. The molecule has 128 valence electrons. The lowest BCUT2D eigenvalue weighted by atomic mass is 10.3. The second-order valence-corrected chi connectivity index (χ2v) is 6.21. The topological polar surface area (TPSA) is 75.1 Å². The van der Waals surface area contributed by atoms with Crippen molar-refractivity contribution >= 4 is 23.3 Å². The molecular weight excluding hydrogens is 328 g/mol. The van der Waals surface area contributed by atoms with Gasteiger partial charge < -0.3 is 20.1 Å². The van der Waals surface area contributed by atoms with Gasteiger partial charge in [-0.15, -0.1) is 10.2 Å². The first-order valence-corrected chi connectivity index (χ1v) is 8.45. The molecule has 1 fully saturated rings. The maximum atomic E-state index is 12.1. The Morgan fingerprint density at radius 2 is 2.33 bits per heavy atom. The van der Waals surface area contributed by atoms with Crippen LogP contribution in [-0.2, 0) is 13.1 Å². The summed E-state index contributed by atoms with van der Waals surface area (Å²) in [5.74, 6) is 0.750. The highest BCUT2D eigenvalue weighted by molar-refractivity contribution is 6.30. The molecule has 2 N–H and O–H groups in total. The van der Waals surface area contributed by atoms with Crippen LogP contribution in [0.1, 0.15) is 19.2 Å². The molecule has 1 aliphatic heterocycles. The second-order valence-electron chi connectivity index (χ2n) is 5.77. The SMILES string of the molecule is CCn1cnnc1CNC(=O)N[C@@H]1CCN(c2cccc(Cl)c2)C1. The molecule has 0 unspecified atom stereocenters. The predicted octanol–water partition coefficient (Wildman–Crippen LogP) is 2.03. The summed E-state index contributed by atoms with van der Waals surface area (Å²) in [6.45, 7) is 4.83. The van der Waals surface area contributed by atoms with E-state index in [4.69, 9.17) is 11.6 Å². The highest BCUT2D eigenvalue weighted by atomic mass is 35.5. The summed E-state index contributed by atoms with van der Waals surface area (Å²) in [5.41, 5.74) is 1.09. The molecule has 8 heteroatoms. The molecule has 3 rings (SSSR count). The third-order valence-electron chi connectivity index (χ3n) is 4.14. The van der Waals surface area contributed by atoms with Crippen LogP contribution in [-0.4, -0.2) is 39.9 Å². The van der Waals surface area contributed by atoms with Crippen molar-refractivity contribution in [3.63, 3.8) is 0 Å². The Morgan fingerprint density at radius 3 is 3.12 bits per heavy atom. The first kappa shape index (κ1) is 16.6. The van der Waals surface area contributed by atoms with Gasteiger partial charge in [-0.1, -0.05) is 17.7 Å². The summed E-state index contributed by atoms with van der Waals surface area (Å²) in [4.78, 5) is 14.3. The average Bonchev–Trinajstić information content (AvgIpc) is 3.21. The van der Waals surface area contributed by atoms with E-state index in [0.717, 1.165) is 42.6 Å². The van der Waals surface area contributed by atoms with Gasteiger partial charge in [0, 0.05) is 36.4 Å². The van der Waals surface area contributed by atoms with E-state index in [1.54, 1.807) is 6.33 Å². The zero-order valence-electron chi connectivity index (χ0n) is 13.6. The van der Waals surface area contributed by atoms with E-state index in [1.165, 1.54) is 0 Å². The molecule has 1 aromatic heterocycles. The molecule has 7 nitrogen and oxygen atoms in total. The standard InChI is InChI=1S/C16H21ClN6O/c1-2-22-11-19-21-15(22)9-18-16(24)20-13-6-7-23(10-13)14-5-3-4-12(17)8-14/h3-5,8,11,13H,2,6-7,9-10H2,1H3,(H2,18,20,24)/t13-/m1/s1. The zero-order chi connectivity index (χ0) is 16.9. The summed E-state index contributed by atoms with van der Waals surface area (Å²) in [5, 5.41) is 14.4. The van der Waals surface area contributed by atoms with Gasteiger partial charge in [0.05, 0.1) is 6.54 Å². The molecule has 0 radical (unpaired) electrons. The molecule has 0 spiro atoms. The van der Waals surface area contributed by atoms with Gasteiger partial charge >= 0.3 is 6.03 Å². The van der Waals surface area contributed by atoms with Gasteiger partial charge in [0.1, 0.15) is 6.33 Å². The van der Waals surface area contributed by atoms with Crippen molar-refractivity contribution in [1.29, 1.82) is 0 Å². The summed E-state index contributed by atoms with van der Waals surface area (Å²) >= 11 is 6.04. The van der Waals surface area contributed by atoms with Gasteiger partial charge in [-0.05, 0) is 31.5 Å². The van der Waals surface area contributed by atoms with Gasteiger partial charge in [0.25, 0.3) is 0 Å². The monoisotopic (exact) mass is 348 g/mol. The fourth-order valence-electron chi connectivity index (χ4n) is 2.86. The van der Waals surface area contributed by atoms with Crippen molar-refractivity contribution in [3.05, 3.63) is 41.4 Å². The van der Waals surface area contributed by atoms with Crippen LogP contribution < -0.4 is 15.5 Å². The Labute approximate surface area is 146 Å². The number of rotatable bonds is 5. The molecule has 1 aromatic carbocycles. The van der Waals surface area contributed by atoms with E-state index in [0.29, 0.717) is 6.54 Å². The maximum absolute atomic E-state index is 12.1. The normalized spacial score (nSPS) is 17.1. The smallest absolute Gasteiger partial charge is 0.315 e. The van der Waals surface area contributed by atoms with Gasteiger partial charge in [0.2, 0.25) is 0 Å². The number of urea groups is 1. The Bertz CT molecular complexity index is 703. The molecule has 1 saturated heterocycles. The first-order chi connectivity index (χ1) is 11.7. The highest BCUT2D eigenvalue weighted by Crippen LogP contribution is 2.23. The highest BCUT2D eigenvalue weighted by Gasteiger charge is 2.24. The first-order valence-electron chi connectivity index (χ1n) is 8.07. The van der Waals surface area contributed by atoms with Crippen LogP contribution in [0.3, 0.4) is 0 Å². The number of benzene rings is 1. The number of hydrogen-bond acceptors (Lipinski definition) is 4. The quantitative estimate of drug-likeness (QED) is 0.867. The number of aromatic nitrogens is 3. The van der Waals surface area contributed by atoms with Crippen molar-refractivity contribution in [2.75, 3.05) is 18.0 Å². The van der Waals surface area contributed by atoms with Crippen molar-refractivity contribution < 1.29 is 4.79 Å². The van der Waals surface area contributed by atoms with Gasteiger partial charge in [-0.3, -0.25) is 0 Å². The van der Waals surface area contributed by atoms with Crippen LogP contribution in [0.15, 0.2) is 30.6 Å². The van der Waals surface area contributed by atoms with E-state index in [-0.39, 0.29) is 12.1 Å². The van der Waals surface area contributed by atoms with E-state index >= 15 is 0 Å². The van der Waals surface area contributed by atoms with E-state index in [2.05, 4.69) is 25.7 Å². The summed E-state index contributed by atoms with van der Waals surface area (Å²) in [6.07, 6.45) is 2.57. The Hall–Kier alpha value is -2.28. The van der Waals surface area contributed by atoms with Crippen molar-refractivity contribution in [2.45, 2.75) is 32.5 Å². The lowest BCUT2D eigenvalue weighted by Crippen LogP contribution is -2.43. The summed E-state index contributed by atoms with van der Waals surface area (Å²) in [6, 6.07) is 7.72. The molecular formula is C16H21ClN6O. The predicted molar refractivity (Wildman–Crippen MR) is 93.1 cm³/mol. The third-order valence-corrected chi connectivity index (χ3v) is 4.38. The van der Waals surface area contributed by atoms with Gasteiger partial charge in [-0.25, -0.2) is 4.79 Å². The van der Waals surface area contributed by atoms with E-state index in [9.17, 15) is 4.79 Å². The van der Waals surface area contributed by atoms with Crippen LogP contribution in [0.2, 0.25) is 5.02 Å². The summed E-state index contributed by atoms with van der Waals surface area (Å²) in [7, 11) is 0. The molecule has 24 heavy (non-hydrogen) atoms. The average molecular weight is 349 g/mol. The Morgan fingerprint density at radius 1 is 1.46 bits per heavy atom. The minimum absolute atomic E-state index is 0.119. The number of aryl methyl sites for hydroxylation is 1. The van der Waals surface area contributed by atoms with Crippen LogP contribution >= 0.6 is 11.6 Å². The largest absolute Gasteiger partial charge is 0.369 e. The minimum Gasteiger partial charge on any atom is -0.369 e. The van der Waals surface area contributed by atoms with Crippen LogP contribution in [0.4, 0.5) is 10.5 Å². The summed E-state index contributed by atoms with van der Waals surface area (Å²) < 4.78 is 1.90. The molecule has 2 heterocycles. The van der Waals surface area contributed by atoms with E-state index in [1.807, 2.05) is 35.8 Å². The van der Waals surface area contributed by atoms with Crippen LogP contribution in [0.5, 0.6) is 0 Å². The van der Waals surface area contributed by atoms with Gasteiger partial charge in [-0.2, -0.15) is 0 Å². The number of halogens is 1. The zero-order valence-corrected chi connectivity index (χ0v) is 14.3. The second kappa shape index (κ2) is 7.53. The minimum atomic E-state index is -0.182. The number of carbonyl (C=O) groups is 1. The molecule has 1 atom stereocenters. The maximum Gasteiger partial charge on any atom is 0.315 e. The molecule has 0 aliphatic carbocycles. The van der Waals surface area contributed by atoms with Crippen molar-refractivity contribution in [2.24, 2.45) is 0 Å². The van der Waals surface area contributed by atoms with Crippen LogP contribution in [0.25, 0.3) is 0 Å². The number of nitrogens with zero attached hydrogens (tertiary/aromatic N) is 4. The lowest BCUT2D eigenvalue weighted by molar-refractivity contribution is 0.237. The Kier molecular flexibility index (Phi) is 5.20. The van der Waals surface area contributed by atoms with Crippen molar-refractivity contribution in [3.8, 4) is 0 Å². The number of amides is 2. The Balaban J connectivity index is 1.47. The fraction of sp³-hybridized carbons (Fsp3) is 0.438. The fourth-order valence-corrected chi connectivity index (χ4v) is 3.05. The van der Waals surface area contributed by atoms with Crippen LogP contribution in [0, 0.1) is 0 Å².